The lowest BCUT2D eigenvalue weighted by Gasteiger charge is -2.03. The molecule has 0 saturated carbocycles. The summed E-state index contributed by atoms with van der Waals surface area (Å²) >= 11 is 2.18. The molecule has 3 nitrogen and oxygen atoms in total. The number of rotatable bonds is 3. The van der Waals surface area contributed by atoms with Crippen LogP contribution in [-0.2, 0) is 6.54 Å². The van der Waals surface area contributed by atoms with Crippen molar-refractivity contribution in [3.63, 3.8) is 0 Å². The van der Waals surface area contributed by atoms with Crippen molar-refractivity contribution >= 4 is 28.5 Å². The van der Waals surface area contributed by atoms with E-state index in [0.29, 0.717) is 12.1 Å². The molecular formula is C12H10INO2. The molecule has 2 aromatic rings. The van der Waals surface area contributed by atoms with E-state index in [-0.39, 0.29) is 5.91 Å². The van der Waals surface area contributed by atoms with Crippen molar-refractivity contribution in [1.29, 1.82) is 0 Å². The van der Waals surface area contributed by atoms with Crippen molar-refractivity contribution in [2.24, 2.45) is 0 Å². The third-order valence-electron chi connectivity index (χ3n) is 2.12. The second-order valence-electron chi connectivity index (χ2n) is 3.32. The Morgan fingerprint density at radius 2 is 2.25 bits per heavy atom. The first-order valence-electron chi connectivity index (χ1n) is 4.80. The summed E-state index contributed by atoms with van der Waals surface area (Å²) in [6, 6.07) is 9.30. The Balaban J connectivity index is 1.98. The monoisotopic (exact) mass is 327 g/mol. The van der Waals surface area contributed by atoms with Crippen LogP contribution in [0.2, 0.25) is 0 Å². The molecule has 16 heavy (non-hydrogen) atoms. The van der Waals surface area contributed by atoms with Gasteiger partial charge in [-0.05, 0) is 46.9 Å². The van der Waals surface area contributed by atoms with E-state index in [2.05, 4.69) is 27.9 Å². The zero-order valence-electron chi connectivity index (χ0n) is 8.44. The number of carbonyl (C=O) groups excluding carboxylic acids is 1. The van der Waals surface area contributed by atoms with Crippen LogP contribution in [-0.4, -0.2) is 5.91 Å². The molecule has 0 aliphatic heterocycles. The fourth-order valence-corrected chi connectivity index (χ4v) is 1.85. The van der Waals surface area contributed by atoms with Crippen molar-refractivity contribution < 1.29 is 9.21 Å². The van der Waals surface area contributed by atoms with Gasteiger partial charge in [0.05, 0.1) is 12.5 Å². The molecule has 0 fully saturated rings. The van der Waals surface area contributed by atoms with Crippen LogP contribution in [0.5, 0.6) is 0 Å². The Labute approximate surface area is 107 Å². The molecule has 1 amide bonds. The van der Waals surface area contributed by atoms with Gasteiger partial charge in [0.25, 0.3) is 5.91 Å². The molecule has 0 aliphatic rings. The van der Waals surface area contributed by atoms with Gasteiger partial charge in [0.15, 0.2) is 0 Å². The zero-order valence-corrected chi connectivity index (χ0v) is 10.6. The summed E-state index contributed by atoms with van der Waals surface area (Å²) < 4.78 is 5.97. The van der Waals surface area contributed by atoms with Gasteiger partial charge in [0, 0.05) is 21.2 Å². The highest BCUT2D eigenvalue weighted by Crippen LogP contribution is 2.08. The molecule has 1 aromatic heterocycles. The number of hydrogen-bond acceptors (Lipinski definition) is 2. The molecule has 2 rings (SSSR count). The third-order valence-corrected chi connectivity index (χ3v) is 2.79. The highest BCUT2D eigenvalue weighted by atomic mass is 127. The lowest BCUT2D eigenvalue weighted by Crippen LogP contribution is -2.22. The molecule has 0 atom stereocenters. The van der Waals surface area contributed by atoms with E-state index < -0.39 is 0 Å². The molecular weight excluding hydrogens is 317 g/mol. The topological polar surface area (TPSA) is 42.2 Å². The molecule has 82 valence electrons. The van der Waals surface area contributed by atoms with Gasteiger partial charge in [-0.2, -0.15) is 0 Å². The number of amides is 1. The summed E-state index contributed by atoms with van der Waals surface area (Å²) in [5.41, 5.74) is 1.63. The SMILES string of the molecule is O=C(NCc1ccoc1)c1cccc(I)c1. The normalized spacial score (nSPS) is 10.1. The van der Waals surface area contributed by atoms with E-state index in [1.807, 2.05) is 24.3 Å². The number of hydrogen-bond donors (Lipinski definition) is 1. The minimum absolute atomic E-state index is 0.0697. The highest BCUT2D eigenvalue weighted by Gasteiger charge is 2.05. The molecule has 0 unspecified atom stereocenters. The Kier molecular flexibility index (Phi) is 3.61. The van der Waals surface area contributed by atoms with Crippen LogP contribution < -0.4 is 5.32 Å². The van der Waals surface area contributed by atoms with Gasteiger partial charge in [-0.15, -0.1) is 0 Å². The first kappa shape index (κ1) is 11.2. The predicted molar refractivity (Wildman–Crippen MR) is 69.0 cm³/mol. The Morgan fingerprint density at radius 1 is 1.38 bits per heavy atom. The summed E-state index contributed by atoms with van der Waals surface area (Å²) in [5.74, 6) is -0.0697. The predicted octanol–water partition coefficient (Wildman–Crippen LogP) is 2.81. The van der Waals surface area contributed by atoms with Crippen molar-refractivity contribution in [2.45, 2.75) is 6.54 Å². The third kappa shape index (κ3) is 2.85. The number of furan rings is 1. The van der Waals surface area contributed by atoms with E-state index >= 15 is 0 Å². The van der Waals surface area contributed by atoms with Crippen LogP contribution in [0.15, 0.2) is 47.3 Å². The summed E-state index contributed by atoms with van der Waals surface area (Å²) in [6.45, 7) is 0.487. The van der Waals surface area contributed by atoms with Crippen molar-refractivity contribution in [1.82, 2.24) is 5.32 Å². The summed E-state index contributed by atoms with van der Waals surface area (Å²) in [7, 11) is 0. The zero-order chi connectivity index (χ0) is 11.4. The summed E-state index contributed by atoms with van der Waals surface area (Å²) in [4.78, 5) is 11.7. The highest BCUT2D eigenvalue weighted by molar-refractivity contribution is 14.1. The maximum Gasteiger partial charge on any atom is 0.251 e. The van der Waals surface area contributed by atoms with Crippen molar-refractivity contribution in [3.8, 4) is 0 Å². The molecule has 0 spiro atoms. The quantitative estimate of drug-likeness (QED) is 0.881. The van der Waals surface area contributed by atoms with Gasteiger partial charge in [0.1, 0.15) is 0 Å². The number of nitrogens with one attached hydrogen (secondary N) is 1. The van der Waals surface area contributed by atoms with Crippen molar-refractivity contribution in [2.75, 3.05) is 0 Å². The fourth-order valence-electron chi connectivity index (χ4n) is 1.31. The molecule has 4 heteroatoms. The molecule has 0 saturated heterocycles. The Bertz CT molecular complexity index is 480. The molecule has 1 N–H and O–H groups in total. The molecule has 0 radical (unpaired) electrons. The van der Waals surface area contributed by atoms with E-state index in [1.54, 1.807) is 18.6 Å². The van der Waals surface area contributed by atoms with Crippen molar-refractivity contribution in [3.05, 3.63) is 57.6 Å². The van der Waals surface area contributed by atoms with Gasteiger partial charge >= 0.3 is 0 Å². The number of halogens is 1. The molecule has 0 bridgehead atoms. The first-order chi connectivity index (χ1) is 7.75. The average Bonchev–Trinajstić information content (AvgIpc) is 2.78. The van der Waals surface area contributed by atoms with Gasteiger partial charge < -0.3 is 9.73 Å². The number of benzene rings is 1. The standard InChI is InChI=1S/C12H10INO2/c13-11-3-1-2-10(6-11)12(15)14-7-9-4-5-16-8-9/h1-6,8H,7H2,(H,14,15). The van der Waals surface area contributed by atoms with Gasteiger partial charge in [-0.1, -0.05) is 6.07 Å². The minimum atomic E-state index is -0.0697. The van der Waals surface area contributed by atoms with Crippen LogP contribution in [0.1, 0.15) is 15.9 Å². The van der Waals surface area contributed by atoms with Gasteiger partial charge in [-0.25, -0.2) is 0 Å². The van der Waals surface area contributed by atoms with E-state index in [0.717, 1.165) is 9.13 Å². The van der Waals surface area contributed by atoms with Gasteiger partial charge in [-0.3, -0.25) is 4.79 Å². The Morgan fingerprint density at radius 3 is 2.94 bits per heavy atom. The van der Waals surface area contributed by atoms with Crippen LogP contribution in [0, 0.1) is 3.57 Å². The minimum Gasteiger partial charge on any atom is -0.472 e. The molecule has 1 aromatic carbocycles. The maximum atomic E-state index is 11.7. The number of carbonyl (C=O) groups is 1. The average molecular weight is 327 g/mol. The van der Waals surface area contributed by atoms with Gasteiger partial charge in [0.2, 0.25) is 0 Å². The second kappa shape index (κ2) is 5.16. The largest absolute Gasteiger partial charge is 0.472 e. The fraction of sp³-hybridized carbons (Fsp3) is 0.0833. The summed E-state index contributed by atoms with van der Waals surface area (Å²) in [5, 5.41) is 2.83. The van der Waals surface area contributed by atoms with Crippen LogP contribution >= 0.6 is 22.6 Å². The van der Waals surface area contributed by atoms with E-state index in [1.165, 1.54) is 0 Å². The maximum absolute atomic E-state index is 11.7. The van der Waals surface area contributed by atoms with Crippen LogP contribution in [0.4, 0.5) is 0 Å². The summed E-state index contributed by atoms with van der Waals surface area (Å²) in [6.07, 6.45) is 3.21. The Hall–Kier alpha value is -1.30. The van der Waals surface area contributed by atoms with E-state index in [4.69, 9.17) is 4.42 Å². The van der Waals surface area contributed by atoms with Crippen LogP contribution in [0.25, 0.3) is 0 Å². The smallest absolute Gasteiger partial charge is 0.251 e. The molecule has 0 aliphatic carbocycles. The van der Waals surface area contributed by atoms with Crippen LogP contribution in [0.3, 0.4) is 0 Å². The van der Waals surface area contributed by atoms with E-state index in [9.17, 15) is 4.79 Å². The lowest BCUT2D eigenvalue weighted by atomic mass is 10.2. The molecule has 1 heterocycles. The lowest BCUT2D eigenvalue weighted by molar-refractivity contribution is 0.0951. The first-order valence-corrected chi connectivity index (χ1v) is 5.88. The second-order valence-corrected chi connectivity index (χ2v) is 4.57.